The van der Waals surface area contributed by atoms with Crippen molar-refractivity contribution in [1.29, 1.82) is 0 Å². The Morgan fingerprint density at radius 1 is 1.69 bits per heavy atom. The van der Waals surface area contributed by atoms with E-state index in [-0.39, 0.29) is 24.8 Å². The Kier molecular flexibility index (Phi) is 4.74. The fraction of sp³-hybridized carbons (Fsp3) is 0.556. The number of aliphatic hydroxyl groups excluding tert-OH is 1. The van der Waals surface area contributed by atoms with Crippen LogP contribution in [0.2, 0.25) is 0 Å². The molecular formula is C9H16N4O3. The summed E-state index contributed by atoms with van der Waals surface area (Å²) in [4.78, 5) is 11.5. The molecule has 90 valence electrons. The minimum absolute atomic E-state index is 0.0267. The summed E-state index contributed by atoms with van der Waals surface area (Å²) in [7, 11) is 1.69. The lowest BCUT2D eigenvalue weighted by Crippen LogP contribution is -2.28. The monoisotopic (exact) mass is 228 g/mol. The van der Waals surface area contributed by atoms with Gasteiger partial charge in [-0.05, 0) is 0 Å². The van der Waals surface area contributed by atoms with Crippen molar-refractivity contribution in [3.63, 3.8) is 0 Å². The van der Waals surface area contributed by atoms with Crippen molar-refractivity contribution in [2.75, 3.05) is 32.1 Å². The second-order valence-corrected chi connectivity index (χ2v) is 3.20. The lowest BCUT2D eigenvalue weighted by molar-refractivity contribution is 0.0835. The molecule has 1 amide bonds. The standard InChI is InChI=1S/C9H16N4O3/c1-13-6-7(10)8(12-13)9(15)11-2-4-16-5-3-14/h6,14H,2-5,10H2,1H3,(H,11,15). The first-order chi connectivity index (χ1) is 7.65. The third kappa shape index (κ3) is 3.52. The summed E-state index contributed by atoms with van der Waals surface area (Å²) in [6, 6.07) is 0. The number of aryl methyl sites for hydroxylation is 1. The fourth-order valence-electron chi connectivity index (χ4n) is 1.17. The van der Waals surface area contributed by atoms with Gasteiger partial charge in [0.05, 0.1) is 25.5 Å². The van der Waals surface area contributed by atoms with Gasteiger partial charge in [0, 0.05) is 19.8 Å². The summed E-state index contributed by atoms with van der Waals surface area (Å²) in [5.74, 6) is -0.328. The first-order valence-corrected chi connectivity index (χ1v) is 4.91. The van der Waals surface area contributed by atoms with Crippen LogP contribution < -0.4 is 11.1 Å². The molecule has 1 heterocycles. The van der Waals surface area contributed by atoms with E-state index in [1.165, 1.54) is 4.68 Å². The molecule has 0 aliphatic rings. The van der Waals surface area contributed by atoms with Gasteiger partial charge in [0.25, 0.3) is 5.91 Å². The Balaban J connectivity index is 2.33. The van der Waals surface area contributed by atoms with Crippen LogP contribution in [0.15, 0.2) is 6.20 Å². The Morgan fingerprint density at radius 2 is 2.44 bits per heavy atom. The second-order valence-electron chi connectivity index (χ2n) is 3.20. The molecule has 7 heteroatoms. The van der Waals surface area contributed by atoms with Crippen molar-refractivity contribution < 1.29 is 14.6 Å². The SMILES string of the molecule is Cn1cc(N)c(C(=O)NCCOCCO)n1. The van der Waals surface area contributed by atoms with Crippen molar-refractivity contribution in [1.82, 2.24) is 15.1 Å². The zero-order valence-corrected chi connectivity index (χ0v) is 9.14. The lowest BCUT2D eigenvalue weighted by atomic mass is 10.3. The Hall–Kier alpha value is -1.60. The molecule has 0 aliphatic carbocycles. The van der Waals surface area contributed by atoms with Crippen LogP contribution in [-0.2, 0) is 11.8 Å². The molecule has 1 aromatic heterocycles. The molecule has 0 saturated carbocycles. The average Bonchev–Trinajstić information content (AvgIpc) is 2.57. The number of nitrogens with two attached hydrogens (primary N) is 1. The van der Waals surface area contributed by atoms with Crippen LogP contribution in [0.25, 0.3) is 0 Å². The van der Waals surface area contributed by atoms with E-state index >= 15 is 0 Å². The van der Waals surface area contributed by atoms with E-state index < -0.39 is 0 Å². The summed E-state index contributed by atoms with van der Waals surface area (Å²) >= 11 is 0. The lowest BCUT2D eigenvalue weighted by Gasteiger charge is -2.04. The first-order valence-electron chi connectivity index (χ1n) is 4.91. The quantitative estimate of drug-likeness (QED) is 0.527. The van der Waals surface area contributed by atoms with Gasteiger partial charge in [-0.25, -0.2) is 0 Å². The highest BCUT2D eigenvalue weighted by Crippen LogP contribution is 2.06. The highest BCUT2D eigenvalue weighted by molar-refractivity contribution is 5.96. The van der Waals surface area contributed by atoms with Gasteiger partial charge in [0.1, 0.15) is 0 Å². The number of aromatic nitrogens is 2. The van der Waals surface area contributed by atoms with Crippen LogP contribution in [0, 0.1) is 0 Å². The second kappa shape index (κ2) is 6.09. The maximum atomic E-state index is 11.5. The van der Waals surface area contributed by atoms with Crippen LogP contribution in [0.3, 0.4) is 0 Å². The topological polar surface area (TPSA) is 102 Å². The molecule has 0 aromatic carbocycles. The third-order valence-electron chi connectivity index (χ3n) is 1.84. The molecule has 0 bridgehead atoms. The van der Waals surface area contributed by atoms with Crippen molar-refractivity contribution in [2.24, 2.45) is 7.05 Å². The number of amides is 1. The third-order valence-corrected chi connectivity index (χ3v) is 1.84. The van der Waals surface area contributed by atoms with E-state index in [1.807, 2.05) is 0 Å². The Labute approximate surface area is 93.2 Å². The summed E-state index contributed by atoms with van der Waals surface area (Å²) < 4.78 is 6.46. The van der Waals surface area contributed by atoms with Gasteiger partial charge in [0.15, 0.2) is 5.69 Å². The molecule has 0 spiro atoms. The van der Waals surface area contributed by atoms with Gasteiger partial charge in [-0.2, -0.15) is 5.10 Å². The minimum Gasteiger partial charge on any atom is -0.396 e. The van der Waals surface area contributed by atoms with E-state index in [0.717, 1.165) is 0 Å². The van der Waals surface area contributed by atoms with Crippen molar-refractivity contribution in [2.45, 2.75) is 0 Å². The molecule has 0 atom stereocenters. The maximum Gasteiger partial charge on any atom is 0.274 e. The summed E-state index contributed by atoms with van der Waals surface area (Å²) in [5.41, 5.74) is 6.14. The molecular weight excluding hydrogens is 212 g/mol. The zero-order chi connectivity index (χ0) is 12.0. The van der Waals surface area contributed by atoms with Gasteiger partial charge in [-0.1, -0.05) is 0 Å². The average molecular weight is 228 g/mol. The van der Waals surface area contributed by atoms with E-state index in [9.17, 15) is 4.79 Å². The Morgan fingerprint density at radius 3 is 3.00 bits per heavy atom. The summed E-state index contributed by atoms with van der Waals surface area (Å²) in [5, 5.41) is 15.0. The van der Waals surface area contributed by atoms with Gasteiger partial charge in [-0.3, -0.25) is 9.48 Å². The zero-order valence-electron chi connectivity index (χ0n) is 9.14. The van der Waals surface area contributed by atoms with Gasteiger partial charge in [-0.15, -0.1) is 0 Å². The number of carbonyl (C=O) groups is 1. The summed E-state index contributed by atoms with van der Waals surface area (Å²) in [6.07, 6.45) is 1.57. The van der Waals surface area contributed by atoms with Gasteiger partial charge < -0.3 is 20.9 Å². The van der Waals surface area contributed by atoms with Gasteiger partial charge in [0.2, 0.25) is 0 Å². The van der Waals surface area contributed by atoms with Crippen molar-refractivity contribution >= 4 is 11.6 Å². The number of hydrogen-bond acceptors (Lipinski definition) is 5. The number of anilines is 1. The Bertz CT molecular complexity index is 351. The number of ether oxygens (including phenoxy) is 1. The van der Waals surface area contributed by atoms with E-state index in [4.69, 9.17) is 15.6 Å². The van der Waals surface area contributed by atoms with Crippen molar-refractivity contribution in [3.8, 4) is 0 Å². The number of hydrogen-bond donors (Lipinski definition) is 3. The maximum absolute atomic E-state index is 11.5. The fourth-order valence-corrected chi connectivity index (χ4v) is 1.17. The molecule has 1 aromatic rings. The highest BCUT2D eigenvalue weighted by atomic mass is 16.5. The van der Waals surface area contributed by atoms with E-state index in [0.29, 0.717) is 18.8 Å². The number of aliphatic hydroxyl groups is 1. The molecule has 0 unspecified atom stereocenters. The number of nitrogen functional groups attached to an aromatic ring is 1. The molecule has 7 nitrogen and oxygen atoms in total. The smallest absolute Gasteiger partial charge is 0.274 e. The van der Waals surface area contributed by atoms with Crippen LogP contribution in [0.5, 0.6) is 0 Å². The molecule has 0 aliphatic heterocycles. The number of nitrogens with zero attached hydrogens (tertiary/aromatic N) is 2. The predicted molar refractivity (Wildman–Crippen MR) is 57.9 cm³/mol. The molecule has 4 N–H and O–H groups in total. The normalized spacial score (nSPS) is 10.4. The van der Waals surface area contributed by atoms with Crippen LogP contribution >= 0.6 is 0 Å². The van der Waals surface area contributed by atoms with Crippen molar-refractivity contribution in [3.05, 3.63) is 11.9 Å². The summed E-state index contributed by atoms with van der Waals surface area (Å²) in [6.45, 7) is 0.941. The number of rotatable bonds is 6. The van der Waals surface area contributed by atoms with Crippen LogP contribution in [0.4, 0.5) is 5.69 Å². The molecule has 0 radical (unpaired) electrons. The molecule has 0 fully saturated rings. The van der Waals surface area contributed by atoms with Crippen LogP contribution in [-0.4, -0.2) is 47.2 Å². The van der Waals surface area contributed by atoms with E-state index in [1.54, 1.807) is 13.2 Å². The van der Waals surface area contributed by atoms with Gasteiger partial charge >= 0.3 is 0 Å². The molecule has 0 saturated heterocycles. The molecule has 16 heavy (non-hydrogen) atoms. The number of carbonyl (C=O) groups excluding carboxylic acids is 1. The highest BCUT2D eigenvalue weighted by Gasteiger charge is 2.12. The van der Waals surface area contributed by atoms with E-state index in [2.05, 4.69) is 10.4 Å². The largest absolute Gasteiger partial charge is 0.396 e. The van der Waals surface area contributed by atoms with Crippen LogP contribution in [0.1, 0.15) is 10.5 Å². The molecule has 1 rings (SSSR count). The predicted octanol–water partition coefficient (Wildman–Crippen LogP) is -1.26. The first kappa shape index (κ1) is 12.5. The number of nitrogens with one attached hydrogen (secondary N) is 1. The minimum atomic E-state index is -0.328.